The number of nitrogens with zero attached hydrogens (tertiary/aromatic N) is 3. The second-order valence-electron chi connectivity index (χ2n) is 5.96. The Morgan fingerprint density at radius 3 is 2.41 bits per heavy atom. The summed E-state index contributed by atoms with van der Waals surface area (Å²) in [6.07, 6.45) is 2.21. The predicted molar refractivity (Wildman–Crippen MR) is 102 cm³/mol. The normalized spacial score (nSPS) is 13.8. The summed E-state index contributed by atoms with van der Waals surface area (Å²) in [6, 6.07) is 8.68. The van der Waals surface area contributed by atoms with E-state index in [1.807, 2.05) is 24.3 Å². The summed E-state index contributed by atoms with van der Waals surface area (Å²) in [5.74, 6) is 0.475. The summed E-state index contributed by atoms with van der Waals surface area (Å²) >= 11 is 0. The number of carboxylic acid groups (broad SMARTS) is 1. The monoisotopic (exact) mass is 371 g/mol. The maximum absolute atomic E-state index is 12.2. The molecule has 1 aromatic carbocycles. The van der Waals surface area contributed by atoms with Crippen molar-refractivity contribution < 1.29 is 19.4 Å². The number of carbonyl (C=O) groups is 2. The van der Waals surface area contributed by atoms with Gasteiger partial charge >= 0.3 is 12.1 Å². The highest BCUT2D eigenvalue weighted by Gasteiger charge is 2.20. The summed E-state index contributed by atoms with van der Waals surface area (Å²) < 4.78 is 5.15. The number of pyridine rings is 1. The molecule has 9 nitrogen and oxygen atoms in total. The number of methoxy groups -OCH3 is 1. The number of ether oxygens (including phenoxy) is 1. The molecule has 0 saturated carbocycles. The molecule has 0 unspecified atom stereocenters. The van der Waals surface area contributed by atoms with E-state index in [1.165, 1.54) is 18.2 Å². The SMILES string of the molecule is COc1cnccc1NC(=O)Nc1ccc(N2CCN(C(=O)O)CC2)cc1. The standard InChI is InChI=1S/C18H21N5O4/c1-27-16-12-19-7-6-15(16)21-17(24)20-13-2-4-14(5-3-13)22-8-10-23(11-9-22)18(25)26/h2-7,12H,8-11H2,1H3,(H,25,26)(H2,19,20,21,24). The van der Waals surface area contributed by atoms with Crippen molar-refractivity contribution in [3.05, 3.63) is 42.7 Å². The molecule has 3 N–H and O–H groups in total. The number of hydrogen-bond acceptors (Lipinski definition) is 5. The lowest BCUT2D eigenvalue weighted by molar-refractivity contribution is 0.142. The van der Waals surface area contributed by atoms with Gasteiger partial charge in [0.15, 0.2) is 5.75 Å². The molecule has 1 aliphatic rings. The Balaban J connectivity index is 1.56. The van der Waals surface area contributed by atoms with E-state index in [9.17, 15) is 9.59 Å². The van der Waals surface area contributed by atoms with Gasteiger partial charge in [-0.1, -0.05) is 0 Å². The first kappa shape index (κ1) is 18.3. The zero-order valence-corrected chi connectivity index (χ0v) is 14.9. The number of anilines is 3. The highest BCUT2D eigenvalue weighted by Crippen LogP contribution is 2.23. The molecule has 9 heteroatoms. The van der Waals surface area contributed by atoms with Crippen LogP contribution >= 0.6 is 0 Å². The van der Waals surface area contributed by atoms with Gasteiger partial charge in [0.2, 0.25) is 0 Å². The van der Waals surface area contributed by atoms with Crippen molar-refractivity contribution in [3.63, 3.8) is 0 Å². The van der Waals surface area contributed by atoms with Crippen molar-refractivity contribution in [1.82, 2.24) is 9.88 Å². The zero-order chi connectivity index (χ0) is 19.2. The van der Waals surface area contributed by atoms with Gasteiger partial charge in [-0.3, -0.25) is 4.98 Å². The van der Waals surface area contributed by atoms with Gasteiger partial charge in [-0.2, -0.15) is 0 Å². The summed E-state index contributed by atoms with van der Waals surface area (Å²) in [5.41, 5.74) is 2.16. The molecular weight excluding hydrogens is 350 g/mol. The molecular formula is C18H21N5O4. The molecule has 3 amide bonds. The van der Waals surface area contributed by atoms with E-state index in [-0.39, 0.29) is 6.03 Å². The van der Waals surface area contributed by atoms with Crippen LogP contribution in [0.4, 0.5) is 26.7 Å². The van der Waals surface area contributed by atoms with Crippen LogP contribution in [0.2, 0.25) is 0 Å². The number of carbonyl (C=O) groups excluding carboxylic acids is 1. The fourth-order valence-electron chi connectivity index (χ4n) is 2.84. The Morgan fingerprint density at radius 1 is 1.07 bits per heavy atom. The van der Waals surface area contributed by atoms with Crippen molar-refractivity contribution in [2.24, 2.45) is 0 Å². The Hall–Kier alpha value is -3.49. The molecule has 0 radical (unpaired) electrons. The van der Waals surface area contributed by atoms with Crippen LogP contribution in [0.25, 0.3) is 0 Å². The number of benzene rings is 1. The quantitative estimate of drug-likeness (QED) is 0.762. The number of hydrogen-bond donors (Lipinski definition) is 3. The molecule has 0 aliphatic carbocycles. The highest BCUT2D eigenvalue weighted by atomic mass is 16.5. The van der Waals surface area contributed by atoms with Gasteiger partial charge in [0.25, 0.3) is 0 Å². The fraction of sp³-hybridized carbons (Fsp3) is 0.278. The van der Waals surface area contributed by atoms with E-state index >= 15 is 0 Å². The van der Waals surface area contributed by atoms with E-state index in [0.29, 0.717) is 43.3 Å². The van der Waals surface area contributed by atoms with Crippen LogP contribution in [-0.4, -0.2) is 60.4 Å². The molecule has 1 fully saturated rings. The summed E-state index contributed by atoms with van der Waals surface area (Å²) in [5, 5.41) is 14.5. The molecule has 2 heterocycles. The Kier molecular flexibility index (Phi) is 5.60. The lowest BCUT2D eigenvalue weighted by Gasteiger charge is -2.34. The van der Waals surface area contributed by atoms with E-state index in [2.05, 4.69) is 20.5 Å². The number of amides is 3. The van der Waals surface area contributed by atoms with E-state index < -0.39 is 6.09 Å². The van der Waals surface area contributed by atoms with Crippen LogP contribution < -0.4 is 20.3 Å². The number of aromatic nitrogens is 1. The second kappa shape index (κ2) is 8.26. The van der Waals surface area contributed by atoms with Crippen molar-refractivity contribution in [2.75, 3.05) is 48.8 Å². The largest absolute Gasteiger partial charge is 0.493 e. The van der Waals surface area contributed by atoms with E-state index in [0.717, 1.165) is 5.69 Å². The Labute approximate surface area is 156 Å². The third-order valence-corrected chi connectivity index (χ3v) is 4.29. The zero-order valence-electron chi connectivity index (χ0n) is 14.9. The molecule has 27 heavy (non-hydrogen) atoms. The van der Waals surface area contributed by atoms with Gasteiger partial charge in [-0.25, -0.2) is 9.59 Å². The Bertz CT molecular complexity index is 804. The van der Waals surface area contributed by atoms with Crippen molar-refractivity contribution in [3.8, 4) is 5.75 Å². The maximum atomic E-state index is 12.2. The lowest BCUT2D eigenvalue weighted by atomic mass is 10.2. The molecule has 1 aliphatic heterocycles. The molecule has 2 aromatic rings. The predicted octanol–water partition coefficient (Wildman–Crippen LogP) is 2.53. The van der Waals surface area contributed by atoms with Crippen LogP contribution in [-0.2, 0) is 0 Å². The highest BCUT2D eigenvalue weighted by molar-refractivity contribution is 6.00. The van der Waals surface area contributed by atoms with Crippen molar-refractivity contribution in [1.29, 1.82) is 0 Å². The van der Waals surface area contributed by atoms with Crippen LogP contribution in [0.1, 0.15) is 0 Å². The summed E-state index contributed by atoms with van der Waals surface area (Å²) in [6.45, 7) is 2.24. The van der Waals surface area contributed by atoms with Gasteiger partial charge in [-0.15, -0.1) is 0 Å². The first-order valence-electron chi connectivity index (χ1n) is 8.45. The number of nitrogens with one attached hydrogen (secondary N) is 2. The van der Waals surface area contributed by atoms with Gasteiger partial charge in [-0.05, 0) is 30.3 Å². The molecule has 3 rings (SSSR count). The maximum Gasteiger partial charge on any atom is 0.407 e. The number of urea groups is 1. The van der Waals surface area contributed by atoms with Crippen molar-refractivity contribution in [2.45, 2.75) is 0 Å². The minimum Gasteiger partial charge on any atom is -0.493 e. The smallest absolute Gasteiger partial charge is 0.407 e. The van der Waals surface area contributed by atoms with Crippen LogP contribution in [0.5, 0.6) is 5.75 Å². The minimum atomic E-state index is -0.883. The molecule has 0 bridgehead atoms. The molecule has 1 saturated heterocycles. The van der Waals surface area contributed by atoms with Crippen LogP contribution in [0.3, 0.4) is 0 Å². The fourth-order valence-corrected chi connectivity index (χ4v) is 2.84. The van der Waals surface area contributed by atoms with Crippen LogP contribution in [0, 0.1) is 0 Å². The van der Waals surface area contributed by atoms with E-state index in [1.54, 1.807) is 12.3 Å². The van der Waals surface area contributed by atoms with Crippen molar-refractivity contribution >= 4 is 29.2 Å². The molecule has 0 atom stereocenters. The summed E-state index contributed by atoms with van der Waals surface area (Å²) in [7, 11) is 1.51. The third-order valence-electron chi connectivity index (χ3n) is 4.29. The van der Waals surface area contributed by atoms with Gasteiger partial charge < -0.3 is 30.3 Å². The molecule has 142 valence electrons. The van der Waals surface area contributed by atoms with Gasteiger partial charge in [0.1, 0.15) is 0 Å². The summed E-state index contributed by atoms with van der Waals surface area (Å²) in [4.78, 5) is 30.6. The first-order valence-corrected chi connectivity index (χ1v) is 8.45. The minimum absolute atomic E-state index is 0.387. The van der Waals surface area contributed by atoms with Gasteiger partial charge in [0, 0.05) is 43.8 Å². The average Bonchev–Trinajstić information content (AvgIpc) is 2.69. The Morgan fingerprint density at radius 2 is 1.78 bits per heavy atom. The van der Waals surface area contributed by atoms with Crippen LogP contribution in [0.15, 0.2) is 42.7 Å². The lowest BCUT2D eigenvalue weighted by Crippen LogP contribution is -2.48. The molecule has 1 aromatic heterocycles. The molecule has 0 spiro atoms. The topological polar surface area (TPSA) is 107 Å². The number of piperazine rings is 1. The van der Waals surface area contributed by atoms with E-state index in [4.69, 9.17) is 9.84 Å². The average molecular weight is 371 g/mol. The van der Waals surface area contributed by atoms with Gasteiger partial charge in [0.05, 0.1) is 19.0 Å². The third kappa shape index (κ3) is 4.57. The second-order valence-corrected chi connectivity index (χ2v) is 5.96. The number of rotatable bonds is 4. The first-order chi connectivity index (χ1) is 13.1.